The molecular formula is C26H19BrF3N3O4. The van der Waals surface area contributed by atoms with Crippen molar-refractivity contribution in [3.8, 4) is 17.6 Å². The summed E-state index contributed by atoms with van der Waals surface area (Å²) in [6.45, 7) is -0.368. The zero-order valence-electron chi connectivity index (χ0n) is 19.2. The lowest BCUT2D eigenvalue weighted by molar-refractivity contribution is -0.137. The van der Waals surface area contributed by atoms with E-state index in [2.05, 4.69) is 26.6 Å². The van der Waals surface area contributed by atoms with Crippen molar-refractivity contribution in [2.45, 2.75) is 6.18 Å². The molecule has 0 unspecified atom stereocenters. The first kappa shape index (κ1) is 27.3. The average molecular weight is 574 g/mol. The Morgan fingerprint density at radius 1 is 1.03 bits per heavy atom. The lowest BCUT2D eigenvalue weighted by atomic mass is 10.1. The summed E-state index contributed by atoms with van der Waals surface area (Å²) >= 11 is 3.30. The van der Waals surface area contributed by atoms with Gasteiger partial charge in [-0.05, 0) is 66.7 Å². The second-order valence-electron chi connectivity index (χ2n) is 7.45. The Balaban J connectivity index is 1.74. The predicted octanol–water partition coefficient (Wildman–Crippen LogP) is 6.04. The number of rotatable bonds is 8. The molecule has 0 bridgehead atoms. The molecule has 3 aromatic rings. The molecule has 0 aliphatic carbocycles. The van der Waals surface area contributed by atoms with Gasteiger partial charge in [-0.3, -0.25) is 9.59 Å². The van der Waals surface area contributed by atoms with Crippen molar-refractivity contribution in [2.24, 2.45) is 0 Å². The topological polar surface area (TPSA) is 100 Å². The molecule has 0 atom stereocenters. The summed E-state index contributed by atoms with van der Waals surface area (Å²) in [5, 5.41) is 14.5. The maximum absolute atomic E-state index is 13.0. The number of amides is 2. The van der Waals surface area contributed by atoms with E-state index in [9.17, 15) is 28.0 Å². The minimum absolute atomic E-state index is 0.123. The van der Waals surface area contributed by atoms with Crippen molar-refractivity contribution >= 4 is 45.2 Å². The number of anilines is 2. The highest BCUT2D eigenvalue weighted by atomic mass is 79.9. The molecule has 0 fully saturated rings. The van der Waals surface area contributed by atoms with Crippen LogP contribution in [0.2, 0.25) is 0 Å². The molecule has 0 spiro atoms. The van der Waals surface area contributed by atoms with E-state index in [-0.39, 0.29) is 23.6 Å². The van der Waals surface area contributed by atoms with E-state index >= 15 is 0 Å². The first-order valence-corrected chi connectivity index (χ1v) is 11.3. The third-order valence-corrected chi connectivity index (χ3v) is 5.31. The fourth-order valence-electron chi connectivity index (χ4n) is 3.05. The van der Waals surface area contributed by atoms with Crippen LogP contribution in [0, 0.1) is 11.3 Å². The third-order valence-electron chi connectivity index (χ3n) is 4.82. The van der Waals surface area contributed by atoms with Crippen LogP contribution in [0.25, 0.3) is 6.08 Å². The van der Waals surface area contributed by atoms with Gasteiger partial charge in [0.1, 0.15) is 23.1 Å². The number of halogens is 4. The minimum atomic E-state index is -4.59. The maximum Gasteiger partial charge on any atom is 0.416 e. The molecule has 3 aromatic carbocycles. The number of carbonyl (C=O) groups is 2. The molecule has 3 rings (SSSR count). The van der Waals surface area contributed by atoms with Gasteiger partial charge in [0, 0.05) is 21.4 Å². The quantitative estimate of drug-likeness (QED) is 0.253. The number of carbonyl (C=O) groups excluding carboxylic acids is 2. The van der Waals surface area contributed by atoms with Crippen LogP contribution in [0.1, 0.15) is 11.1 Å². The van der Waals surface area contributed by atoms with E-state index in [1.54, 1.807) is 42.5 Å². The zero-order chi connectivity index (χ0) is 27.0. The fraction of sp³-hybridized carbons (Fsp3) is 0.115. The smallest absolute Gasteiger partial charge is 0.416 e. The molecule has 0 aliphatic heterocycles. The second-order valence-corrected chi connectivity index (χ2v) is 8.37. The van der Waals surface area contributed by atoms with Crippen molar-refractivity contribution in [1.29, 1.82) is 5.26 Å². The molecular weight excluding hydrogens is 555 g/mol. The van der Waals surface area contributed by atoms with Crippen molar-refractivity contribution < 1.29 is 32.2 Å². The summed E-state index contributed by atoms with van der Waals surface area (Å²) in [4.78, 5) is 24.9. The Kier molecular flexibility index (Phi) is 8.92. The zero-order valence-corrected chi connectivity index (χ0v) is 20.8. The van der Waals surface area contributed by atoms with Gasteiger partial charge in [0.25, 0.3) is 11.8 Å². The van der Waals surface area contributed by atoms with E-state index in [1.165, 1.54) is 25.3 Å². The number of alkyl halides is 3. The van der Waals surface area contributed by atoms with Gasteiger partial charge in [0.2, 0.25) is 0 Å². The molecule has 0 aromatic heterocycles. The van der Waals surface area contributed by atoms with E-state index in [1.807, 2.05) is 0 Å². The van der Waals surface area contributed by atoms with Gasteiger partial charge in [0.05, 0.1) is 12.7 Å². The van der Waals surface area contributed by atoms with E-state index < -0.39 is 23.6 Å². The average Bonchev–Trinajstić information content (AvgIpc) is 2.86. The molecule has 0 saturated heterocycles. The Labute approximate surface area is 218 Å². The Bertz CT molecular complexity index is 1370. The van der Waals surface area contributed by atoms with Gasteiger partial charge >= 0.3 is 6.18 Å². The monoisotopic (exact) mass is 573 g/mol. The van der Waals surface area contributed by atoms with Crippen molar-refractivity contribution in [1.82, 2.24) is 0 Å². The number of hydrogen-bond donors (Lipinski definition) is 2. The number of nitrogens with zero attached hydrogens (tertiary/aromatic N) is 1. The summed E-state index contributed by atoms with van der Waals surface area (Å²) in [7, 11) is 1.53. The second kappa shape index (κ2) is 12.1. The highest BCUT2D eigenvalue weighted by Gasteiger charge is 2.30. The molecule has 190 valence electrons. The normalized spacial score (nSPS) is 11.3. The molecule has 0 radical (unpaired) electrons. The third kappa shape index (κ3) is 7.85. The first-order chi connectivity index (χ1) is 17.6. The number of benzene rings is 3. The maximum atomic E-state index is 13.0. The van der Waals surface area contributed by atoms with Crippen LogP contribution >= 0.6 is 15.9 Å². The van der Waals surface area contributed by atoms with Gasteiger partial charge in [0.15, 0.2) is 6.61 Å². The number of nitrogens with one attached hydrogen (secondary N) is 2. The molecule has 0 aliphatic rings. The Morgan fingerprint density at radius 2 is 1.76 bits per heavy atom. The lowest BCUT2D eigenvalue weighted by Crippen LogP contribution is -2.20. The summed E-state index contributed by atoms with van der Waals surface area (Å²) in [5.41, 5.74) is -0.626. The van der Waals surface area contributed by atoms with E-state index in [4.69, 9.17) is 9.47 Å². The van der Waals surface area contributed by atoms with E-state index in [0.717, 1.165) is 18.2 Å². The molecule has 0 heterocycles. The first-order valence-electron chi connectivity index (χ1n) is 10.6. The summed E-state index contributed by atoms with van der Waals surface area (Å²) in [6.07, 6.45) is -3.37. The van der Waals surface area contributed by atoms with Gasteiger partial charge in [-0.1, -0.05) is 22.0 Å². The fourth-order valence-corrected chi connectivity index (χ4v) is 3.43. The standard InChI is InChI=1S/C26H19BrF3N3O4/c1-36-22-8-6-20(7-9-22)32-24(34)15-37-23-10-5-19(27)12-16(23)11-17(14-31)25(35)33-21-4-2-3-18(13-21)26(28,29)30/h2-13H,15H2,1H3,(H,32,34)(H,33,35)/b17-11+. The highest BCUT2D eigenvalue weighted by molar-refractivity contribution is 9.10. The van der Waals surface area contributed by atoms with Crippen LogP contribution < -0.4 is 20.1 Å². The lowest BCUT2D eigenvalue weighted by Gasteiger charge is -2.12. The summed E-state index contributed by atoms with van der Waals surface area (Å²) in [6, 6.07) is 17.2. The highest BCUT2D eigenvalue weighted by Crippen LogP contribution is 2.31. The van der Waals surface area contributed by atoms with E-state index in [0.29, 0.717) is 21.5 Å². The van der Waals surface area contributed by atoms with Gasteiger partial charge in [-0.15, -0.1) is 0 Å². The van der Waals surface area contributed by atoms with Gasteiger partial charge in [-0.25, -0.2) is 0 Å². The SMILES string of the molecule is COc1ccc(NC(=O)COc2ccc(Br)cc2/C=C(\C#N)C(=O)Nc2cccc(C(F)(F)F)c2)cc1. The Hall–Kier alpha value is -4.30. The Morgan fingerprint density at radius 3 is 2.41 bits per heavy atom. The molecule has 37 heavy (non-hydrogen) atoms. The summed E-state index contributed by atoms with van der Waals surface area (Å²) < 4.78 is 50.1. The van der Waals surface area contributed by atoms with Crippen LogP contribution in [0.4, 0.5) is 24.5 Å². The predicted molar refractivity (Wildman–Crippen MR) is 135 cm³/mol. The van der Waals surface area contributed by atoms with Crippen molar-refractivity contribution in [2.75, 3.05) is 24.4 Å². The largest absolute Gasteiger partial charge is 0.497 e. The van der Waals surface area contributed by atoms with Crippen LogP contribution in [-0.4, -0.2) is 25.5 Å². The molecule has 11 heteroatoms. The van der Waals surface area contributed by atoms with Crippen LogP contribution in [0.3, 0.4) is 0 Å². The van der Waals surface area contributed by atoms with Crippen LogP contribution in [0.15, 0.2) is 76.8 Å². The molecule has 2 N–H and O–H groups in total. The summed E-state index contributed by atoms with van der Waals surface area (Å²) in [5.74, 6) is -0.533. The van der Waals surface area contributed by atoms with Crippen molar-refractivity contribution in [3.63, 3.8) is 0 Å². The van der Waals surface area contributed by atoms with Crippen LogP contribution in [-0.2, 0) is 15.8 Å². The molecule has 7 nitrogen and oxygen atoms in total. The van der Waals surface area contributed by atoms with Crippen LogP contribution in [0.5, 0.6) is 11.5 Å². The number of methoxy groups -OCH3 is 1. The minimum Gasteiger partial charge on any atom is -0.497 e. The van der Waals surface area contributed by atoms with Crippen molar-refractivity contribution in [3.05, 3.63) is 87.9 Å². The number of hydrogen-bond acceptors (Lipinski definition) is 5. The molecule has 0 saturated carbocycles. The molecule has 2 amide bonds. The number of ether oxygens (including phenoxy) is 2. The number of nitriles is 1. The van der Waals surface area contributed by atoms with Gasteiger partial charge < -0.3 is 20.1 Å². The van der Waals surface area contributed by atoms with Gasteiger partial charge in [-0.2, -0.15) is 18.4 Å².